The van der Waals surface area contributed by atoms with E-state index in [-0.39, 0.29) is 11.1 Å². The van der Waals surface area contributed by atoms with Gasteiger partial charge < -0.3 is 14.9 Å². The molecule has 0 spiro atoms. The average Bonchev–Trinajstić information content (AvgIpc) is 2.48. The van der Waals surface area contributed by atoms with Gasteiger partial charge in [0.1, 0.15) is 5.15 Å². The van der Waals surface area contributed by atoms with Gasteiger partial charge in [0.15, 0.2) is 0 Å². The Morgan fingerprint density at radius 2 is 2.14 bits per heavy atom. The highest BCUT2D eigenvalue weighted by molar-refractivity contribution is 6.29. The molecule has 122 valence electrons. The van der Waals surface area contributed by atoms with Crippen molar-refractivity contribution in [2.24, 2.45) is 0 Å². The lowest BCUT2D eigenvalue weighted by Crippen LogP contribution is -2.49. The van der Waals surface area contributed by atoms with Crippen LogP contribution in [0.3, 0.4) is 0 Å². The van der Waals surface area contributed by atoms with Crippen molar-refractivity contribution in [3.8, 4) is 0 Å². The minimum absolute atomic E-state index is 0.165. The van der Waals surface area contributed by atoms with Crippen LogP contribution in [0, 0.1) is 0 Å². The maximum Gasteiger partial charge on any atom is 0.253 e. The van der Waals surface area contributed by atoms with Gasteiger partial charge in [0.05, 0.1) is 6.10 Å². The Kier molecular flexibility index (Phi) is 6.14. The molecule has 1 fully saturated rings. The number of rotatable bonds is 5. The second-order valence-electron chi connectivity index (χ2n) is 5.81. The lowest BCUT2D eigenvalue weighted by molar-refractivity contribution is 0.0501. The van der Waals surface area contributed by atoms with Gasteiger partial charge >= 0.3 is 0 Å². The van der Waals surface area contributed by atoms with E-state index in [0.29, 0.717) is 18.7 Å². The number of halogens is 1. The summed E-state index contributed by atoms with van der Waals surface area (Å²) in [5.74, 6) is -0.165. The number of piperazine rings is 1. The van der Waals surface area contributed by atoms with Gasteiger partial charge in [-0.2, -0.15) is 0 Å². The van der Waals surface area contributed by atoms with Crippen molar-refractivity contribution in [1.29, 1.82) is 0 Å². The van der Waals surface area contributed by atoms with Crippen molar-refractivity contribution in [1.82, 2.24) is 19.7 Å². The van der Waals surface area contributed by atoms with Crippen LogP contribution in [0.1, 0.15) is 10.4 Å². The minimum atomic E-state index is -0.560. The van der Waals surface area contributed by atoms with Crippen molar-refractivity contribution >= 4 is 17.5 Å². The van der Waals surface area contributed by atoms with Crippen molar-refractivity contribution in [2.75, 3.05) is 53.4 Å². The summed E-state index contributed by atoms with van der Waals surface area (Å²) in [7, 11) is 3.78. The quantitative estimate of drug-likeness (QED) is 0.795. The fourth-order valence-electron chi connectivity index (χ4n) is 2.54. The summed E-state index contributed by atoms with van der Waals surface area (Å²) in [6, 6.07) is 3.16. The molecule has 1 N–H and O–H groups in total. The summed E-state index contributed by atoms with van der Waals surface area (Å²) in [5, 5.41) is 10.5. The van der Waals surface area contributed by atoms with Gasteiger partial charge in [0.2, 0.25) is 0 Å². The second-order valence-corrected chi connectivity index (χ2v) is 6.20. The molecule has 1 aliphatic rings. The summed E-state index contributed by atoms with van der Waals surface area (Å²) < 4.78 is 0. The zero-order valence-electron chi connectivity index (χ0n) is 13.1. The highest BCUT2D eigenvalue weighted by atomic mass is 35.5. The standard InChI is InChI=1S/C15H23ClN4O2/c1-18-5-7-20(8-6-18)11-13(21)10-19(2)15(22)12-3-4-17-14(16)9-12/h3-4,9,13,21H,5-8,10-11H2,1-2H3. The molecule has 1 atom stereocenters. The molecule has 22 heavy (non-hydrogen) atoms. The lowest BCUT2D eigenvalue weighted by Gasteiger charge is -2.34. The molecular weight excluding hydrogens is 304 g/mol. The molecule has 7 heteroatoms. The van der Waals surface area contributed by atoms with Crippen LogP contribution in [-0.2, 0) is 0 Å². The van der Waals surface area contributed by atoms with Gasteiger partial charge in [-0.05, 0) is 19.2 Å². The van der Waals surface area contributed by atoms with Crippen molar-refractivity contribution in [3.05, 3.63) is 29.0 Å². The van der Waals surface area contributed by atoms with Crippen LogP contribution in [0.15, 0.2) is 18.3 Å². The molecule has 1 aromatic heterocycles. The van der Waals surface area contributed by atoms with Crippen molar-refractivity contribution < 1.29 is 9.90 Å². The maximum atomic E-state index is 12.3. The fourth-order valence-corrected chi connectivity index (χ4v) is 2.72. The van der Waals surface area contributed by atoms with E-state index in [1.165, 1.54) is 17.2 Å². The number of likely N-dealkylation sites (N-methyl/N-ethyl adjacent to an activating group) is 2. The van der Waals surface area contributed by atoms with E-state index >= 15 is 0 Å². The number of carbonyl (C=O) groups excluding carboxylic acids is 1. The summed E-state index contributed by atoms with van der Waals surface area (Å²) in [5.41, 5.74) is 0.481. The highest BCUT2D eigenvalue weighted by Crippen LogP contribution is 2.10. The summed E-state index contributed by atoms with van der Waals surface area (Å²) in [6.45, 7) is 4.80. The van der Waals surface area contributed by atoms with Gasteiger partial charge in [0.25, 0.3) is 5.91 Å². The van der Waals surface area contributed by atoms with Crippen LogP contribution in [-0.4, -0.2) is 90.2 Å². The summed E-state index contributed by atoms with van der Waals surface area (Å²) in [4.78, 5) is 22.2. The Bertz CT molecular complexity index is 506. The number of amides is 1. The third-order valence-corrected chi connectivity index (χ3v) is 4.08. The molecular formula is C15H23ClN4O2. The van der Waals surface area contributed by atoms with Crippen LogP contribution in [0.4, 0.5) is 0 Å². The first kappa shape index (κ1) is 17.1. The first-order valence-electron chi connectivity index (χ1n) is 7.41. The molecule has 2 rings (SSSR count). The van der Waals surface area contributed by atoms with E-state index in [4.69, 9.17) is 11.6 Å². The SMILES string of the molecule is CN1CCN(CC(O)CN(C)C(=O)c2ccnc(Cl)c2)CC1. The molecule has 1 saturated heterocycles. The molecule has 0 saturated carbocycles. The Labute approximate surface area is 136 Å². The van der Waals surface area contributed by atoms with E-state index in [0.717, 1.165) is 26.2 Å². The molecule has 1 amide bonds. The molecule has 0 radical (unpaired) electrons. The van der Waals surface area contributed by atoms with Crippen LogP contribution in [0.2, 0.25) is 5.15 Å². The third-order valence-electron chi connectivity index (χ3n) is 3.87. The number of aliphatic hydroxyl groups excluding tert-OH is 1. The number of nitrogens with zero attached hydrogens (tertiary/aromatic N) is 4. The van der Waals surface area contributed by atoms with E-state index in [1.807, 2.05) is 0 Å². The monoisotopic (exact) mass is 326 g/mol. The fraction of sp³-hybridized carbons (Fsp3) is 0.600. The zero-order valence-corrected chi connectivity index (χ0v) is 13.8. The Hall–Kier alpha value is -1.21. The topological polar surface area (TPSA) is 59.9 Å². The molecule has 0 bridgehead atoms. The van der Waals surface area contributed by atoms with E-state index in [9.17, 15) is 9.90 Å². The number of β-amino-alcohol motifs (C(OH)–C–C–N with tert-alkyl or cyclic N) is 1. The molecule has 1 aromatic rings. The number of aliphatic hydroxyl groups is 1. The number of pyridine rings is 1. The molecule has 1 unspecified atom stereocenters. The van der Waals surface area contributed by atoms with Gasteiger partial charge in [0, 0.05) is 58.1 Å². The number of hydrogen-bond donors (Lipinski definition) is 1. The lowest BCUT2D eigenvalue weighted by atomic mass is 10.2. The maximum absolute atomic E-state index is 12.3. The highest BCUT2D eigenvalue weighted by Gasteiger charge is 2.20. The predicted molar refractivity (Wildman–Crippen MR) is 86.2 cm³/mol. The first-order chi connectivity index (χ1) is 10.5. The van der Waals surface area contributed by atoms with Crippen molar-refractivity contribution in [3.63, 3.8) is 0 Å². The summed E-state index contributed by atoms with van der Waals surface area (Å²) in [6.07, 6.45) is 0.944. The third kappa shape index (κ3) is 4.91. The predicted octanol–water partition coefficient (Wildman–Crippen LogP) is 0.415. The normalized spacial score (nSPS) is 18.2. The van der Waals surface area contributed by atoms with Gasteiger partial charge in [-0.15, -0.1) is 0 Å². The van der Waals surface area contributed by atoms with Gasteiger partial charge in [-0.3, -0.25) is 9.69 Å². The second kappa shape index (κ2) is 7.87. The molecule has 1 aliphatic heterocycles. The van der Waals surface area contributed by atoms with E-state index in [1.54, 1.807) is 13.1 Å². The van der Waals surface area contributed by atoms with Crippen LogP contribution >= 0.6 is 11.6 Å². The van der Waals surface area contributed by atoms with Crippen LogP contribution < -0.4 is 0 Å². The molecule has 2 heterocycles. The van der Waals surface area contributed by atoms with Gasteiger partial charge in [-0.1, -0.05) is 11.6 Å². The Morgan fingerprint density at radius 1 is 1.45 bits per heavy atom. The largest absolute Gasteiger partial charge is 0.390 e. The van der Waals surface area contributed by atoms with Crippen LogP contribution in [0.25, 0.3) is 0 Å². The smallest absolute Gasteiger partial charge is 0.253 e. The molecule has 6 nitrogen and oxygen atoms in total. The van der Waals surface area contributed by atoms with Crippen molar-refractivity contribution in [2.45, 2.75) is 6.10 Å². The van der Waals surface area contributed by atoms with Crippen LogP contribution in [0.5, 0.6) is 0 Å². The number of hydrogen-bond acceptors (Lipinski definition) is 5. The minimum Gasteiger partial charge on any atom is -0.390 e. The Balaban J connectivity index is 1.83. The zero-order chi connectivity index (χ0) is 16.1. The molecule has 0 aromatic carbocycles. The van der Waals surface area contributed by atoms with E-state index < -0.39 is 6.10 Å². The van der Waals surface area contributed by atoms with Gasteiger partial charge in [-0.25, -0.2) is 4.98 Å². The first-order valence-corrected chi connectivity index (χ1v) is 7.79. The number of aromatic nitrogens is 1. The Morgan fingerprint density at radius 3 is 2.77 bits per heavy atom. The average molecular weight is 327 g/mol. The van der Waals surface area contributed by atoms with E-state index in [2.05, 4.69) is 21.8 Å². The molecule has 0 aliphatic carbocycles. The summed E-state index contributed by atoms with van der Waals surface area (Å²) >= 11 is 5.80. The number of carbonyl (C=O) groups is 1.